The van der Waals surface area contributed by atoms with Crippen molar-refractivity contribution in [3.05, 3.63) is 41.5 Å². The summed E-state index contributed by atoms with van der Waals surface area (Å²) < 4.78 is 0. The highest BCUT2D eigenvalue weighted by atomic mass is 14.9. The first-order valence-electron chi connectivity index (χ1n) is 5.26. The van der Waals surface area contributed by atoms with Gasteiger partial charge < -0.3 is 5.32 Å². The third-order valence-electron chi connectivity index (χ3n) is 2.75. The minimum absolute atomic E-state index is 1.10. The Balaban J connectivity index is 2.17. The zero-order valence-electron chi connectivity index (χ0n) is 8.77. The van der Waals surface area contributed by atoms with Gasteiger partial charge in [0.25, 0.3) is 0 Å². The summed E-state index contributed by atoms with van der Waals surface area (Å²) >= 11 is 0. The molecule has 0 radical (unpaired) electrons. The number of anilines is 1. The Hall–Kier alpha value is -1.24. The fourth-order valence-electron chi connectivity index (χ4n) is 1.97. The first kappa shape index (κ1) is 9.32. The second-order valence-corrected chi connectivity index (χ2v) is 4.09. The minimum atomic E-state index is 1.10. The van der Waals surface area contributed by atoms with E-state index in [1.807, 2.05) is 0 Å². The predicted octanol–water partition coefficient (Wildman–Crippen LogP) is 3.16. The predicted molar refractivity (Wildman–Crippen MR) is 61.8 cm³/mol. The summed E-state index contributed by atoms with van der Waals surface area (Å²) in [6.45, 7) is 7.13. The standard InChI is InChI=1S/C13H17N/c1-10(2)6-7-11-4-3-5-12-8-9-14-13(11)12/h3-5,14H,1,6-9H2,2H3. The molecule has 0 atom stereocenters. The van der Waals surface area contributed by atoms with Crippen LogP contribution >= 0.6 is 0 Å². The van der Waals surface area contributed by atoms with E-state index in [0.29, 0.717) is 0 Å². The minimum Gasteiger partial charge on any atom is -0.384 e. The van der Waals surface area contributed by atoms with Gasteiger partial charge in [-0.2, -0.15) is 0 Å². The van der Waals surface area contributed by atoms with Crippen molar-refractivity contribution < 1.29 is 0 Å². The average Bonchev–Trinajstić information content (AvgIpc) is 2.62. The van der Waals surface area contributed by atoms with Gasteiger partial charge in [-0.05, 0) is 37.3 Å². The number of nitrogens with one attached hydrogen (secondary N) is 1. The van der Waals surface area contributed by atoms with E-state index in [9.17, 15) is 0 Å². The Labute approximate surface area is 85.8 Å². The molecule has 1 heterocycles. The first-order valence-corrected chi connectivity index (χ1v) is 5.26. The number of rotatable bonds is 3. The zero-order valence-corrected chi connectivity index (χ0v) is 8.77. The van der Waals surface area contributed by atoms with E-state index >= 15 is 0 Å². The van der Waals surface area contributed by atoms with Crippen LogP contribution in [0.2, 0.25) is 0 Å². The van der Waals surface area contributed by atoms with E-state index in [2.05, 4.69) is 37.0 Å². The van der Waals surface area contributed by atoms with Crippen LogP contribution in [0, 0.1) is 0 Å². The molecule has 0 fully saturated rings. The highest BCUT2D eigenvalue weighted by Gasteiger charge is 2.12. The zero-order chi connectivity index (χ0) is 9.97. The summed E-state index contributed by atoms with van der Waals surface area (Å²) in [6.07, 6.45) is 3.39. The van der Waals surface area contributed by atoms with Gasteiger partial charge in [-0.3, -0.25) is 0 Å². The molecule has 0 aliphatic carbocycles. The SMILES string of the molecule is C=C(C)CCc1cccc2c1NCC2. The number of allylic oxidation sites excluding steroid dienone is 1. The lowest BCUT2D eigenvalue weighted by Crippen LogP contribution is -1.96. The van der Waals surface area contributed by atoms with E-state index < -0.39 is 0 Å². The van der Waals surface area contributed by atoms with Crippen LogP contribution in [0.25, 0.3) is 0 Å². The summed E-state index contributed by atoms with van der Waals surface area (Å²) in [5.41, 5.74) is 5.57. The molecule has 1 heteroatoms. The van der Waals surface area contributed by atoms with Gasteiger partial charge in [0.1, 0.15) is 0 Å². The van der Waals surface area contributed by atoms with E-state index in [0.717, 1.165) is 19.4 Å². The number of hydrogen-bond acceptors (Lipinski definition) is 1. The Morgan fingerprint density at radius 3 is 3.14 bits per heavy atom. The Morgan fingerprint density at radius 2 is 2.36 bits per heavy atom. The topological polar surface area (TPSA) is 12.0 Å². The average molecular weight is 187 g/mol. The number of para-hydroxylation sites is 1. The molecule has 1 aliphatic heterocycles. The molecule has 1 nitrogen and oxygen atoms in total. The third-order valence-corrected chi connectivity index (χ3v) is 2.75. The number of hydrogen-bond donors (Lipinski definition) is 1. The summed E-state index contributed by atoms with van der Waals surface area (Å²) in [5.74, 6) is 0. The molecule has 1 aliphatic rings. The fourth-order valence-corrected chi connectivity index (χ4v) is 1.97. The molecule has 0 unspecified atom stereocenters. The third kappa shape index (κ3) is 1.82. The van der Waals surface area contributed by atoms with E-state index in [4.69, 9.17) is 0 Å². The highest BCUT2D eigenvalue weighted by molar-refractivity contribution is 5.61. The molecule has 2 rings (SSSR count). The fraction of sp³-hybridized carbons (Fsp3) is 0.385. The molecule has 0 spiro atoms. The van der Waals surface area contributed by atoms with Gasteiger partial charge in [-0.25, -0.2) is 0 Å². The maximum atomic E-state index is 3.94. The van der Waals surface area contributed by atoms with Crippen LogP contribution in [0.4, 0.5) is 5.69 Å². The van der Waals surface area contributed by atoms with Crippen molar-refractivity contribution in [2.45, 2.75) is 26.2 Å². The van der Waals surface area contributed by atoms with Gasteiger partial charge in [-0.15, -0.1) is 6.58 Å². The van der Waals surface area contributed by atoms with Crippen molar-refractivity contribution in [3.8, 4) is 0 Å². The molecule has 1 aromatic carbocycles. The van der Waals surface area contributed by atoms with Crippen LogP contribution in [0.5, 0.6) is 0 Å². The summed E-state index contributed by atoms with van der Waals surface area (Å²) in [5, 5.41) is 3.46. The van der Waals surface area contributed by atoms with Crippen LogP contribution in [0.3, 0.4) is 0 Å². The van der Waals surface area contributed by atoms with Gasteiger partial charge in [0.15, 0.2) is 0 Å². The summed E-state index contributed by atoms with van der Waals surface area (Å²) in [6, 6.07) is 6.61. The largest absolute Gasteiger partial charge is 0.384 e. The molecule has 1 aromatic rings. The van der Waals surface area contributed by atoms with Gasteiger partial charge in [-0.1, -0.05) is 23.8 Å². The maximum Gasteiger partial charge on any atom is 0.0406 e. The Bertz CT molecular complexity index is 352. The molecular formula is C13H17N. The maximum absolute atomic E-state index is 3.94. The van der Waals surface area contributed by atoms with E-state index in [1.165, 1.54) is 28.8 Å². The van der Waals surface area contributed by atoms with Crippen molar-refractivity contribution in [2.24, 2.45) is 0 Å². The van der Waals surface area contributed by atoms with E-state index in [1.54, 1.807) is 0 Å². The van der Waals surface area contributed by atoms with Gasteiger partial charge >= 0.3 is 0 Å². The normalized spacial score (nSPS) is 13.5. The van der Waals surface area contributed by atoms with Gasteiger partial charge in [0.05, 0.1) is 0 Å². The monoisotopic (exact) mass is 187 g/mol. The lowest BCUT2D eigenvalue weighted by atomic mass is 10.0. The second-order valence-electron chi connectivity index (χ2n) is 4.09. The first-order chi connectivity index (χ1) is 6.77. The van der Waals surface area contributed by atoms with Crippen molar-refractivity contribution in [3.63, 3.8) is 0 Å². The molecule has 74 valence electrons. The molecule has 0 saturated carbocycles. The number of aryl methyl sites for hydroxylation is 1. The van der Waals surface area contributed by atoms with Crippen LogP contribution < -0.4 is 5.32 Å². The summed E-state index contributed by atoms with van der Waals surface area (Å²) in [7, 11) is 0. The number of benzene rings is 1. The van der Waals surface area contributed by atoms with Crippen molar-refractivity contribution in [1.29, 1.82) is 0 Å². The molecule has 0 saturated heterocycles. The van der Waals surface area contributed by atoms with Crippen LogP contribution in [-0.4, -0.2) is 6.54 Å². The number of fused-ring (bicyclic) bond motifs is 1. The molecule has 0 aromatic heterocycles. The van der Waals surface area contributed by atoms with Crippen molar-refractivity contribution >= 4 is 5.69 Å². The van der Waals surface area contributed by atoms with Crippen LogP contribution in [0.1, 0.15) is 24.5 Å². The second kappa shape index (κ2) is 3.87. The lowest BCUT2D eigenvalue weighted by Gasteiger charge is -2.08. The van der Waals surface area contributed by atoms with Crippen LogP contribution in [0.15, 0.2) is 30.4 Å². The molecular weight excluding hydrogens is 170 g/mol. The molecule has 0 bridgehead atoms. The van der Waals surface area contributed by atoms with Gasteiger partial charge in [0, 0.05) is 12.2 Å². The Morgan fingerprint density at radius 1 is 1.50 bits per heavy atom. The molecule has 0 amide bonds. The smallest absolute Gasteiger partial charge is 0.0406 e. The van der Waals surface area contributed by atoms with E-state index in [-0.39, 0.29) is 0 Å². The summed E-state index contributed by atoms with van der Waals surface area (Å²) in [4.78, 5) is 0. The van der Waals surface area contributed by atoms with Crippen LogP contribution in [-0.2, 0) is 12.8 Å². The highest BCUT2D eigenvalue weighted by Crippen LogP contribution is 2.27. The molecule has 14 heavy (non-hydrogen) atoms. The van der Waals surface area contributed by atoms with Crippen molar-refractivity contribution in [1.82, 2.24) is 0 Å². The quantitative estimate of drug-likeness (QED) is 0.717. The molecule has 1 N–H and O–H groups in total. The van der Waals surface area contributed by atoms with Crippen molar-refractivity contribution in [2.75, 3.05) is 11.9 Å². The lowest BCUT2D eigenvalue weighted by molar-refractivity contribution is 0.947. The van der Waals surface area contributed by atoms with Gasteiger partial charge in [0.2, 0.25) is 0 Å². The Kier molecular flexibility index (Phi) is 2.58.